The summed E-state index contributed by atoms with van der Waals surface area (Å²) in [5.74, 6) is -0.466. The van der Waals surface area contributed by atoms with Crippen LogP contribution in [0.25, 0.3) is 0 Å². The molecule has 150 valence electrons. The Morgan fingerprint density at radius 1 is 1.30 bits per heavy atom. The molecule has 1 N–H and O–H groups in total. The molecule has 0 radical (unpaired) electrons. The van der Waals surface area contributed by atoms with Crippen molar-refractivity contribution in [2.45, 2.75) is 64.1 Å². The number of cyclic esters (lactones) is 1. The number of rotatable bonds is 12. The molecule has 0 amide bonds. The number of aryl methyl sites for hydroxylation is 1. The lowest BCUT2D eigenvalue weighted by Gasteiger charge is -2.33. The molecule has 0 bridgehead atoms. The molecule has 0 saturated carbocycles. The highest BCUT2D eigenvalue weighted by Gasteiger charge is 2.41. The van der Waals surface area contributed by atoms with Gasteiger partial charge in [0.1, 0.15) is 17.8 Å². The SMILES string of the molecule is CCCCCCC(Oc1cccc(CC[C@@H]2OC(=O)[C@H]2CO)c1)C(=O)OC. The summed E-state index contributed by atoms with van der Waals surface area (Å²) in [6.45, 7) is 1.97. The first-order valence-electron chi connectivity index (χ1n) is 9.73. The molecule has 1 heterocycles. The zero-order chi connectivity index (χ0) is 19.6. The summed E-state index contributed by atoms with van der Waals surface area (Å²) >= 11 is 0. The van der Waals surface area contributed by atoms with E-state index in [4.69, 9.17) is 14.2 Å². The van der Waals surface area contributed by atoms with E-state index in [0.717, 1.165) is 31.2 Å². The van der Waals surface area contributed by atoms with E-state index in [1.165, 1.54) is 7.11 Å². The van der Waals surface area contributed by atoms with E-state index in [0.29, 0.717) is 25.0 Å². The quantitative estimate of drug-likeness (QED) is 0.445. The van der Waals surface area contributed by atoms with Gasteiger partial charge in [-0.15, -0.1) is 0 Å². The van der Waals surface area contributed by atoms with Crippen LogP contribution in [0.15, 0.2) is 24.3 Å². The lowest BCUT2D eigenvalue weighted by Crippen LogP contribution is -2.47. The highest BCUT2D eigenvalue weighted by atomic mass is 16.6. The predicted molar refractivity (Wildman–Crippen MR) is 100 cm³/mol. The number of ether oxygens (including phenoxy) is 3. The molecule has 1 saturated heterocycles. The second-order valence-corrected chi connectivity index (χ2v) is 6.93. The number of carbonyl (C=O) groups excluding carboxylic acids is 2. The summed E-state index contributed by atoms with van der Waals surface area (Å²) in [6.07, 6.45) is 5.42. The van der Waals surface area contributed by atoms with Gasteiger partial charge in [-0.3, -0.25) is 4.79 Å². The number of aliphatic hydroxyl groups is 1. The van der Waals surface area contributed by atoms with Crippen molar-refractivity contribution in [2.75, 3.05) is 13.7 Å². The van der Waals surface area contributed by atoms with Crippen molar-refractivity contribution in [3.63, 3.8) is 0 Å². The number of benzene rings is 1. The Balaban J connectivity index is 1.89. The van der Waals surface area contributed by atoms with Gasteiger partial charge < -0.3 is 19.3 Å². The minimum Gasteiger partial charge on any atom is -0.479 e. The van der Waals surface area contributed by atoms with Crippen molar-refractivity contribution < 1.29 is 28.9 Å². The van der Waals surface area contributed by atoms with Crippen LogP contribution in [0.1, 0.15) is 51.0 Å². The molecule has 27 heavy (non-hydrogen) atoms. The van der Waals surface area contributed by atoms with Gasteiger partial charge in [0, 0.05) is 0 Å². The molecule has 6 nitrogen and oxygen atoms in total. The number of hydrogen-bond donors (Lipinski definition) is 1. The third-order valence-electron chi connectivity index (χ3n) is 4.89. The van der Waals surface area contributed by atoms with Gasteiger partial charge in [0.25, 0.3) is 0 Å². The Morgan fingerprint density at radius 3 is 2.78 bits per heavy atom. The summed E-state index contributed by atoms with van der Waals surface area (Å²) in [5.41, 5.74) is 1.03. The monoisotopic (exact) mass is 378 g/mol. The molecule has 6 heteroatoms. The first-order chi connectivity index (χ1) is 13.1. The fourth-order valence-corrected chi connectivity index (χ4v) is 3.21. The highest BCUT2D eigenvalue weighted by Crippen LogP contribution is 2.27. The Kier molecular flexibility index (Phi) is 8.58. The Labute approximate surface area is 160 Å². The van der Waals surface area contributed by atoms with Crippen molar-refractivity contribution in [2.24, 2.45) is 5.92 Å². The molecule has 1 fully saturated rings. The molecule has 1 aromatic rings. The molecule has 0 spiro atoms. The van der Waals surface area contributed by atoms with Crippen LogP contribution in [0, 0.1) is 5.92 Å². The Bertz CT molecular complexity index is 614. The van der Waals surface area contributed by atoms with Gasteiger partial charge in [-0.05, 0) is 43.4 Å². The molecule has 1 aliphatic heterocycles. The third kappa shape index (κ3) is 6.24. The van der Waals surface area contributed by atoms with Crippen molar-refractivity contribution in [1.29, 1.82) is 0 Å². The molecule has 0 aromatic heterocycles. The minimum absolute atomic E-state index is 0.175. The molecule has 1 aromatic carbocycles. The maximum Gasteiger partial charge on any atom is 0.347 e. The predicted octanol–water partition coefficient (Wildman–Crippen LogP) is 3.04. The van der Waals surface area contributed by atoms with E-state index in [9.17, 15) is 14.7 Å². The number of methoxy groups -OCH3 is 1. The Hall–Kier alpha value is -2.08. The number of esters is 2. The summed E-state index contributed by atoms with van der Waals surface area (Å²) < 4.78 is 15.8. The molecule has 3 atom stereocenters. The first kappa shape index (κ1) is 21.2. The molecule has 2 rings (SSSR count). The van der Waals surface area contributed by atoms with Gasteiger partial charge in [0.05, 0.1) is 13.7 Å². The molecule has 0 aliphatic carbocycles. The van der Waals surface area contributed by atoms with E-state index < -0.39 is 12.0 Å². The number of aliphatic hydroxyl groups excluding tert-OH is 1. The van der Waals surface area contributed by atoms with Crippen LogP contribution in [0.3, 0.4) is 0 Å². The van der Waals surface area contributed by atoms with Crippen molar-refractivity contribution in [3.8, 4) is 5.75 Å². The van der Waals surface area contributed by atoms with E-state index in [1.807, 2.05) is 24.3 Å². The fourth-order valence-electron chi connectivity index (χ4n) is 3.21. The van der Waals surface area contributed by atoms with Crippen LogP contribution < -0.4 is 4.74 Å². The van der Waals surface area contributed by atoms with Crippen LogP contribution in [0.2, 0.25) is 0 Å². The summed E-state index contributed by atoms with van der Waals surface area (Å²) in [4.78, 5) is 23.2. The zero-order valence-corrected chi connectivity index (χ0v) is 16.2. The van der Waals surface area contributed by atoms with Gasteiger partial charge in [-0.2, -0.15) is 0 Å². The average molecular weight is 378 g/mol. The van der Waals surface area contributed by atoms with E-state index >= 15 is 0 Å². The normalized spacial score (nSPS) is 19.7. The maximum absolute atomic E-state index is 12.0. The van der Waals surface area contributed by atoms with Crippen LogP contribution in [-0.4, -0.2) is 43.0 Å². The van der Waals surface area contributed by atoms with Gasteiger partial charge in [0.15, 0.2) is 6.10 Å². The van der Waals surface area contributed by atoms with Crippen LogP contribution >= 0.6 is 0 Å². The highest BCUT2D eigenvalue weighted by molar-refractivity contribution is 5.78. The topological polar surface area (TPSA) is 82.1 Å². The van der Waals surface area contributed by atoms with Gasteiger partial charge in [-0.1, -0.05) is 38.3 Å². The number of hydrogen-bond acceptors (Lipinski definition) is 6. The molecule has 1 unspecified atom stereocenters. The number of unbranched alkanes of at least 4 members (excludes halogenated alkanes) is 3. The van der Waals surface area contributed by atoms with Gasteiger partial charge in [-0.25, -0.2) is 4.79 Å². The van der Waals surface area contributed by atoms with E-state index in [1.54, 1.807) is 0 Å². The lowest BCUT2D eigenvalue weighted by atomic mass is 9.92. The van der Waals surface area contributed by atoms with Crippen LogP contribution in [0.5, 0.6) is 5.75 Å². The summed E-state index contributed by atoms with van der Waals surface area (Å²) in [5, 5.41) is 9.18. The second kappa shape index (κ2) is 10.9. The van der Waals surface area contributed by atoms with Crippen molar-refractivity contribution in [3.05, 3.63) is 29.8 Å². The van der Waals surface area contributed by atoms with Crippen molar-refractivity contribution in [1.82, 2.24) is 0 Å². The van der Waals surface area contributed by atoms with Gasteiger partial charge >= 0.3 is 11.9 Å². The standard InChI is InChI=1S/C21H30O6/c1-3-4-5-6-10-19(21(24)25-2)26-16-9-7-8-15(13-16)11-12-18-17(14-22)20(23)27-18/h7-9,13,17-19,22H,3-6,10-12,14H2,1-2H3/t17-,18-,19?/m0/s1. The van der Waals surface area contributed by atoms with Crippen LogP contribution in [0.4, 0.5) is 0 Å². The zero-order valence-electron chi connectivity index (χ0n) is 16.2. The fraction of sp³-hybridized carbons (Fsp3) is 0.619. The lowest BCUT2D eigenvalue weighted by molar-refractivity contribution is -0.188. The first-order valence-corrected chi connectivity index (χ1v) is 9.73. The number of carbonyl (C=O) groups is 2. The summed E-state index contributed by atoms with van der Waals surface area (Å²) in [6, 6.07) is 7.57. The van der Waals surface area contributed by atoms with Crippen molar-refractivity contribution >= 4 is 11.9 Å². The van der Waals surface area contributed by atoms with E-state index in [-0.39, 0.29) is 24.6 Å². The smallest absolute Gasteiger partial charge is 0.347 e. The minimum atomic E-state index is -0.603. The molecule has 1 aliphatic rings. The summed E-state index contributed by atoms with van der Waals surface area (Å²) in [7, 11) is 1.37. The maximum atomic E-state index is 12.0. The second-order valence-electron chi connectivity index (χ2n) is 6.93. The average Bonchev–Trinajstić information content (AvgIpc) is 2.67. The van der Waals surface area contributed by atoms with Gasteiger partial charge in [0.2, 0.25) is 0 Å². The molecular weight excluding hydrogens is 348 g/mol. The van der Waals surface area contributed by atoms with Crippen LogP contribution in [-0.2, 0) is 25.5 Å². The Morgan fingerprint density at radius 2 is 2.11 bits per heavy atom. The van der Waals surface area contributed by atoms with E-state index in [2.05, 4.69) is 6.92 Å². The largest absolute Gasteiger partial charge is 0.479 e. The molecular formula is C21H30O6. The third-order valence-corrected chi connectivity index (χ3v) is 4.89.